The minimum Gasteiger partial charge on any atom is -0.354 e. The van der Waals surface area contributed by atoms with Crippen LogP contribution in [-0.4, -0.2) is 37.8 Å². The van der Waals surface area contributed by atoms with Crippen molar-refractivity contribution in [3.63, 3.8) is 0 Å². The van der Waals surface area contributed by atoms with E-state index in [1.54, 1.807) is 6.07 Å². The lowest BCUT2D eigenvalue weighted by molar-refractivity contribution is -0.119. The van der Waals surface area contributed by atoms with E-state index in [2.05, 4.69) is 21.2 Å². The predicted molar refractivity (Wildman–Crippen MR) is 82.4 cm³/mol. The third kappa shape index (κ3) is 3.41. The van der Waals surface area contributed by atoms with E-state index in [9.17, 15) is 13.2 Å². The molecule has 0 aliphatic carbocycles. The first kappa shape index (κ1) is 15.9. The van der Waals surface area contributed by atoms with Crippen molar-refractivity contribution < 1.29 is 13.2 Å². The smallest absolute Gasteiger partial charge is 0.252 e. The standard InChI is InChI=1S/C12H17BrN2O3S2/c1-8-7-11(19-12(8)13)20(17,18)15-5-3-10(4-6-15)14-9(2)16/h7,10H,3-6H2,1-2H3,(H,14,16). The van der Waals surface area contributed by atoms with Crippen molar-refractivity contribution in [2.24, 2.45) is 0 Å². The van der Waals surface area contributed by atoms with Gasteiger partial charge in [0.05, 0.1) is 3.79 Å². The summed E-state index contributed by atoms with van der Waals surface area (Å²) >= 11 is 4.60. The average molecular weight is 381 g/mol. The van der Waals surface area contributed by atoms with Crippen molar-refractivity contribution >= 4 is 43.2 Å². The Morgan fingerprint density at radius 2 is 2.05 bits per heavy atom. The van der Waals surface area contributed by atoms with Gasteiger partial charge in [0.15, 0.2) is 0 Å². The first-order valence-electron chi connectivity index (χ1n) is 6.34. The lowest BCUT2D eigenvalue weighted by Crippen LogP contribution is -2.45. The van der Waals surface area contributed by atoms with Gasteiger partial charge in [-0.25, -0.2) is 8.42 Å². The molecular formula is C12H17BrN2O3S2. The summed E-state index contributed by atoms with van der Waals surface area (Å²) in [7, 11) is -3.41. The summed E-state index contributed by atoms with van der Waals surface area (Å²) < 4.78 is 27.7. The van der Waals surface area contributed by atoms with Gasteiger partial charge in [-0.3, -0.25) is 4.79 Å². The van der Waals surface area contributed by atoms with Crippen molar-refractivity contribution in [2.45, 2.75) is 36.9 Å². The number of thiophene rings is 1. The summed E-state index contributed by atoms with van der Waals surface area (Å²) in [5.74, 6) is -0.0656. The number of nitrogens with one attached hydrogen (secondary N) is 1. The second kappa shape index (κ2) is 6.13. The quantitative estimate of drug-likeness (QED) is 0.872. The number of hydrogen-bond acceptors (Lipinski definition) is 4. The normalized spacial score (nSPS) is 18.1. The number of hydrogen-bond donors (Lipinski definition) is 1. The van der Waals surface area contributed by atoms with E-state index in [0.717, 1.165) is 9.35 Å². The molecule has 2 rings (SSSR count). The van der Waals surface area contributed by atoms with Crippen molar-refractivity contribution in [1.29, 1.82) is 0 Å². The van der Waals surface area contributed by atoms with Gasteiger partial charge in [-0.15, -0.1) is 11.3 Å². The SMILES string of the molecule is CC(=O)NC1CCN(S(=O)(=O)c2cc(C)c(Br)s2)CC1. The lowest BCUT2D eigenvalue weighted by Gasteiger charge is -2.31. The van der Waals surface area contributed by atoms with Gasteiger partial charge in [0.25, 0.3) is 10.0 Å². The van der Waals surface area contributed by atoms with Crippen LogP contribution in [0.3, 0.4) is 0 Å². The van der Waals surface area contributed by atoms with Crippen LogP contribution in [0.5, 0.6) is 0 Å². The molecule has 8 heteroatoms. The Hall–Kier alpha value is -0.440. The van der Waals surface area contributed by atoms with Gasteiger partial charge in [0.2, 0.25) is 5.91 Å². The molecule has 1 N–H and O–H groups in total. The van der Waals surface area contributed by atoms with E-state index >= 15 is 0 Å². The zero-order valence-electron chi connectivity index (χ0n) is 11.3. The molecule has 0 aromatic carbocycles. The molecule has 1 aliphatic rings. The summed E-state index contributed by atoms with van der Waals surface area (Å²) in [6.07, 6.45) is 1.31. The van der Waals surface area contributed by atoms with Crippen LogP contribution in [0.25, 0.3) is 0 Å². The minimum atomic E-state index is -3.41. The van der Waals surface area contributed by atoms with E-state index < -0.39 is 10.0 Å². The molecule has 1 aromatic heterocycles. The highest BCUT2D eigenvalue weighted by Crippen LogP contribution is 2.33. The van der Waals surface area contributed by atoms with Crippen LogP contribution in [-0.2, 0) is 14.8 Å². The highest BCUT2D eigenvalue weighted by atomic mass is 79.9. The molecule has 1 saturated heterocycles. The Bertz CT molecular complexity index is 585. The van der Waals surface area contributed by atoms with E-state index in [4.69, 9.17) is 0 Å². The van der Waals surface area contributed by atoms with Crippen molar-refractivity contribution in [1.82, 2.24) is 9.62 Å². The van der Waals surface area contributed by atoms with E-state index in [0.29, 0.717) is 30.1 Å². The van der Waals surface area contributed by atoms with Crippen LogP contribution >= 0.6 is 27.3 Å². The molecule has 0 radical (unpaired) electrons. The fourth-order valence-corrected chi connectivity index (χ4v) is 6.06. The highest BCUT2D eigenvalue weighted by Gasteiger charge is 2.31. The summed E-state index contributed by atoms with van der Waals surface area (Å²) in [4.78, 5) is 11.0. The van der Waals surface area contributed by atoms with Gasteiger partial charge >= 0.3 is 0 Å². The Balaban J connectivity index is 2.07. The number of halogens is 1. The van der Waals surface area contributed by atoms with Gasteiger partial charge in [0, 0.05) is 26.1 Å². The van der Waals surface area contributed by atoms with Crippen molar-refractivity contribution in [2.75, 3.05) is 13.1 Å². The zero-order chi connectivity index (χ0) is 14.9. The molecule has 0 unspecified atom stereocenters. The van der Waals surface area contributed by atoms with Crippen LogP contribution in [0.2, 0.25) is 0 Å². The van der Waals surface area contributed by atoms with Crippen molar-refractivity contribution in [3.8, 4) is 0 Å². The zero-order valence-corrected chi connectivity index (χ0v) is 14.6. The van der Waals surface area contributed by atoms with Gasteiger partial charge < -0.3 is 5.32 Å². The largest absolute Gasteiger partial charge is 0.354 e. The molecule has 1 fully saturated rings. The molecule has 112 valence electrons. The van der Waals surface area contributed by atoms with E-state index in [-0.39, 0.29) is 11.9 Å². The maximum Gasteiger partial charge on any atom is 0.252 e. The topological polar surface area (TPSA) is 66.5 Å². The maximum absolute atomic E-state index is 12.5. The average Bonchev–Trinajstić information content (AvgIpc) is 2.70. The molecule has 0 atom stereocenters. The number of carbonyl (C=O) groups is 1. The molecule has 1 aromatic rings. The van der Waals surface area contributed by atoms with Crippen molar-refractivity contribution in [3.05, 3.63) is 15.4 Å². The van der Waals surface area contributed by atoms with Crippen LogP contribution in [0.15, 0.2) is 14.1 Å². The second-order valence-electron chi connectivity index (χ2n) is 4.90. The number of rotatable bonds is 3. The number of sulfonamides is 1. The first-order chi connectivity index (χ1) is 9.30. The summed E-state index contributed by atoms with van der Waals surface area (Å²) in [5.41, 5.74) is 0.932. The van der Waals surface area contributed by atoms with Crippen LogP contribution in [0.4, 0.5) is 0 Å². The Morgan fingerprint density at radius 3 is 2.50 bits per heavy atom. The van der Waals surface area contributed by atoms with Gasteiger partial charge in [-0.2, -0.15) is 4.31 Å². The number of aryl methyl sites for hydroxylation is 1. The Labute approximate surface area is 131 Å². The fourth-order valence-electron chi connectivity index (χ4n) is 2.21. The fraction of sp³-hybridized carbons (Fsp3) is 0.583. The summed E-state index contributed by atoms with van der Waals surface area (Å²) in [5, 5.41) is 2.84. The maximum atomic E-state index is 12.5. The van der Waals surface area contributed by atoms with Gasteiger partial charge in [-0.1, -0.05) is 0 Å². The molecule has 0 saturated carbocycles. The molecule has 1 amide bonds. The van der Waals surface area contributed by atoms with Gasteiger partial charge in [-0.05, 0) is 47.3 Å². The second-order valence-corrected chi connectivity index (χ2v) is 9.44. The molecule has 0 bridgehead atoms. The third-order valence-corrected chi connectivity index (χ3v) is 7.77. The monoisotopic (exact) mass is 380 g/mol. The van der Waals surface area contributed by atoms with Crippen LogP contribution in [0, 0.1) is 6.92 Å². The van der Waals surface area contributed by atoms with E-state index in [1.807, 2.05) is 6.92 Å². The number of nitrogens with zero attached hydrogens (tertiary/aromatic N) is 1. The van der Waals surface area contributed by atoms with Crippen LogP contribution in [0.1, 0.15) is 25.3 Å². The van der Waals surface area contributed by atoms with E-state index in [1.165, 1.54) is 22.6 Å². The summed E-state index contributed by atoms with van der Waals surface area (Å²) in [6.45, 7) is 4.25. The summed E-state index contributed by atoms with van der Waals surface area (Å²) in [6, 6.07) is 1.78. The third-order valence-electron chi connectivity index (χ3n) is 3.29. The van der Waals surface area contributed by atoms with Crippen LogP contribution < -0.4 is 5.32 Å². The first-order valence-corrected chi connectivity index (χ1v) is 9.39. The molecular weight excluding hydrogens is 364 g/mol. The number of amides is 1. The molecule has 5 nitrogen and oxygen atoms in total. The van der Waals surface area contributed by atoms with Gasteiger partial charge in [0.1, 0.15) is 4.21 Å². The Morgan fingerprint density at radius 1 is 1.45 bits per heavy atom. The molecule has 2 heterocycles. The highest BCUT2D eigenvalue weighted by molar-refractivity contribution is 9.11. The molecule has 0 spiro atoms. The number of piperidine rings is 1. The predicted octanol–water partition coefficient (Wildman–Crippen LogP) is 2.11. The molecule has 20 heavy (non-hydrogen) atoms. The lowest BCUT2D eigenvalue weighted by atomic mass is 10.1. The minimum absolute atomic E-state index is 0.0656. The molecule has 1 aliphatic heterocycles. The number of carbonyl (C=O) groups excluding carboxylic acids is 1. The Kier molecular flexibility index (Phi) is 4.88.